The zero-order chi connectivity index (χ0) is 12.6. The van der Waals surface area contributed by atoms with Crippen molar-refractivity contribution < 1.29 is 14.6 Å². The van der Waals surface area contributed by atoms with Crippen molar-refractivity contribution in [1.29, 1.82) is 0 Å². The Morgan fingerprint density at radius 2 is 2.24 bits per heavy atom. The SMILES string of the molecule is CCOC(=O)c1nc(Br)c2nc(C)sc2c1O. The maximum absolute atomic E-state index is 11.6. The Balaban J connectivity index is 2.66. The van der Waals surface area contributed by atoms with Crippen molar-refractivity contribution in [3.63, 3.8) is 0 Å². The van der Waals surface area contributed by atoms with E-state index in [2.05, 4.69) is 25.9 Å². The minimum atomic E-state index is -0.640. The van der Waals surface area contributed by atoms with Gasteiger partial charge in [0.25, 0.3) is 0 Å². The lowest BCUT2D eigenvalue weighted by atomic mass is 10.3. The number of carbonyl (C=O) groups excluding carboxylic acids is 1. The summed E-state index contributed by atoms with van der Waals surface area (Å²) < 4.78 is 5.78. The highest BCUT2D eigenvalue weighted by Gasteiger charge is 2.21. The third-order valence-corrected chi connectivity index (χ3v) is 3.58. The fourth-order valence-corrected chi connectivity index (χ4v) is 2.84. The van der Waals surface area contributed by atoms with Gasteiger partial charge < -0.3 is 9.84 Å². The molecular formula is C10H9BrN2O3S. The Morgan fingerprint density at radius 3 is 2.88 bits per heavy atom. The smallest absolute Gasteiger partial charge is 0.360 e. The highest BCUT2D eigenvalue weighted by molar-refractivity contribution is 9.10. The van der Waals surface area contributed by atoms with Crippen LogP contribution in [0.2, 0.25) is 0 Å². The molecule has 0 fully saturated rings. The third-order valence-electron chi connectivity index (χ3n) is 2.05. The normalized spacial score (nSPS) is 10.8. The number of ether oxygens (including phenoxy) is 1. The van der Waals surface area contributed by atoms with E-state index in [0.29, 0.717) is 14.8 Å². The monoisotopic (exact) mass is 316 g/mol. The minimum Gasteiger partial charge on any atom is -0.504 e. The van der Waals surface area contributed by atoms with Crippen LogP contribution in [-0.2, 0) is 4.74 Å². The molecule has 90 valence electrons. The maximum atomic E-state index is 11.6. The summed E-state index contributed by atoms with van der Waals surface area (Å²) in [5, 5.41) is 10.8. The molecule has 0 bridgehead atoms. The van der Waals surface area contributed by atoms with Crippen molar-refractivity contribution in [2.75, 3.05) is 6.61 Å². The summed E-state index contributed by atoms with van der Waals surface area (Å²) in [6.07, 6.45) is 0. The van der Waals surface area contributed by atoms with Crippen LogP contribution in [0.5, 0.6) is 5.75 Å². The average molecular weight is 317 g/mol. The number of aromatic nitrogens is 2. The minimum absolute atomic E-state index is 0.0881. The lowest BCUT2D eigenvalue weighted by Gasteiger charge is -2.04. The number of aryl methyl sites for hydroxylation is 1. The number of thiazole rings is 1. The van der Waals surface area contributed by atoms with E-state index in [1.54, 1.807) is 6.92 Å². The molecule has 0 atom stereocenters. The molecule has 2 heterocycles. The number of nitrogens with zero attached hydrogens (tertiary/aromatic N) is 2. The molecule has 0 saturated heterocycles. The highest BCUT2D eigenvalue weighted by atomic mass is 79.9. The Bertz CT molecular complexity index is 597. The van der Waals surface area contributed by atoms with Gasteiger partial charge in [-0.25, -0.2) is 14.8 Å². The van der Waals surface area contributed by atoms with Gasteiger partial charge in [0.15, 0.2) is 11.4 Å². The molecule has 0 unspecified atom stereocenters. The van der Waals surface area contributed by atoms with Gasteiger partial charge in [0.2, 0.25) is 0 Å². The molecule has 0 aliphatic carbocycles. The van der Waals surface area contributed by atoms with Crippen LogP contribution in [0.4, 0.5) is 0 Å². The third kappa shape index (κ3) is 2.12. The molecule has 2 aromatic heterocycles. The second kappa shape index (κ2) is 4.58. The highest BCUT2D eigenvalue weighted by Crippen LogP contribution is 2.36. The lowest BCUT2D eigenvalue weighted by Crippen LogP contribution is -2.07. The van der Waals surface area contributed by atoms with Gasteiger partial charge in [0.1, 0.15) is 14.8 Å². The Morgan fingerprint density at radius 1 is 1.53 bits per heavy atom. The van der Waals surface area contributed by atoms with Crippen molar-refractivity contribution in [3.05, 3.63) is 15.3 Å². The first-order valence-corrected chi connectivity index (χ1v) is 6.48. The summed E-state index contributed by atoms with van der Waals surface area (Å²) in [5.41, 5.74) is 0.466. The van der Waals surface area contributed by atoms with Crippen LogP contribution >= 0.6 is 27.3 Å². The molecule has 0 aliphatic heterocycles. The van der Waals surface area contributed by atoms with E-state index in [0.717, 1.165) is 5.01 Å². The van der Waals surface area contributed by atoms with Gasteiger partial charge in [0.05, 0.1) is 11.6 Å². The second-order valence-corrected chi connectivity index (χ2v) is 5.19. The average Bonchev–Trinajstić information content (AvgIpc) is 2.66. The second-order valence-electron chi connectivity index (χ2n) is 3.23. The van der Waals surface area contributed by atoms with Crippen molar-refractivity contribution in [1.82, 2.24) is 9.97 Å². The number of esters is 1. The first-order valence-electron chi connectivity index (χ1n) is 4.87. The van der Waals surface area contributed by atoms with Crippen LogP contribution in [0.15, 0.2) is 4.60 Å². The molecule has 17 heavy (non-hydrogen) atoms. The summed E-state index contributed by atoms with van der Waals surface area (Å²) >= 11 is 4.53. The zero-order valence-corrected chi connectivity index (χ0v) is 11.6. The van der Waals surface area contributed by atoms with E-state index in [4.69, 9.17) is 4.74 Å². The number of aromatic hydroxyl groups is 1. The van der Waals surface area contributed by atoms with Gasteiger partial charge in [-0.2, -0.15) is 0 Å². The molecule has 0 radical (unpaired) electrons. The molecule has 0 aliphatic rings. The molecule has 0 amide bonds. The molecule has 0 spiro atoms. The maximum Gasteiger partial charge on any atom is 0.360 e. The van der Waals surface area contributed by atoms with E-state index >= 15 is 0 Å². The predicted octanol–water partition coefficient (Wildman–Crippen LogP) is 2.64. The van der Waals surface area contributed by atoms with Crippen molar-refractivity contribution in [3.8, 4) is 5.75 Å². The van der Waals surface area contributed by atoms with E-state index in [1.165, 1.54) is 11.3 Å². The predicted molar refractivity (Wildman–Crippen MR) is 67.5 cm³/mol. The summed E-state index contributed by atoms with van der Waals surface area (Å²) in [7, 11) is 0. The largest absolute Gasteiger partial charge is 0.504 e. The first-order chi connectivity index (χ1) is 8.04. The molecule has 0 saturated carbocycles. The Hall–Kier alpha value is -1.21. The van der Waals surface area contributed by atoms with Crippen LogP contribution in [0.1, 0.15) is 22.4 Å². The van der Waals surface area contributed by atoms with Crippen LogP contribution in [0.3, 0.4) is 0 Å². The van der Waals surface area contributed by atoms with Crippen molar-refractivity contribution in [2.45, 2.75) is 13.8 Å². The van der Waals surface area contributed by atoms with Crippen LogP contribution in [-0.4, -0.2) is 27.7 Å². The van der Waals surface area contributed by atoms with Crippen LogP contribution < -0.4 is 0 Å². The number of rotatable bonds is 2. The number of halogens is 1. The molecular weight excluding hydrogens is 308 g/mol. The number of carbonyl (C=O) groups is 1. The van der Waals surface area contributed by atoms with E-state index in [9.17, 15) is 9.90 Å². The van der Waals surface area contributed by atoms with Crippen molar-refractivity contribution in [2.24, 2.45) is 0 Å². The van der Waals surface area contributed by atoms with E-state index in [-0.39, 0.29) is 18.1 Å². The summed E-state index contributed by atoms with van der Waals surface area (Å²) in [5.74, 6) is -0.814. The number of hydrogen-bond acceptors (Lipinski definition) is 6. The number of hydrogen-bond donors (Lipinski definition) is 1. The van der Waals surface area contributed by atoms with Gasteiger partial charge in [-0.1, -0.05) is 0 Å². The van der Waals surface area contributed by atoms with Gasteiger partial charge in [-0.05, 0) is 29.8 Å². The summed E-state index contributed by atoms with van der Waals surface area (Å²) in [4.78, 5) is 19.8. The first kappa shape index (κ1) is 12.3. The Kier molecular flexibility index (Phi) is 3.30. The van der Waals surface area contributed by atoms with Gasteiger partial charge in [-0.15, -0.1) is 11.3 Å². The van der Waals surface area contributed by atoms with Crippen molar-refractivity contribution >= 4 is 43.5 Å². The molecule has 7 heteroatoms. The van der Waals surface area contributed by atoms with E-state index in [1.807, 2.05) is 6.92 Å². The zero-order valence-electron chi connectivity index (χ0n) is 9.15. The fourth-order valence-electron chi connectivity index (χ4n) is 1.38. The fraction of sp³-hybridized carbons (Fsp3) is 0.300. The van der Waals surface area contributed by atoms with Gasteiger partial charge in [0, 0.05) is 0 Å². The van der Waals surface area contributed by atoms with Crippen LogP contribution in [0, 0.1) is 6.92 Å². The molecule has 5 nitrogen and oxygen atoms in total. The lowest BCUT2D eigenvalue weighted by molar-refractivity contribution is 0.0516. The molecule has 0 aromatic carbocycles. The summed E-state index contributed by atoms with van der Waals surface area (Å²) in [6, 6.07) is 0. The topological polar surface area (TPSA) is 72.3 Å². The molecule has 2 aromatic rings. The van der Waals surface area contributed by atoms with E-state index < -0.39 is 5.97 Å². The molecule has 1 N–H and O–H groups in total. The number of pyridine rings is 1. The standard InChI is InChI=1S/C10H9BrN2O3S/c1-3-16-10(15)5-7(14)8-6(9(11)13-5)12-4(2)17-8/h14H,3H2,1-2H3. The summed E-state index contributed by atoms with van der Waals surface area (Å²) in [6.45, 7) is 3.75. The number of fused-ring (bicyclic) bond motifs is 1. The quantitative estimate of drug-likeness (QED) is 0.681. The van der Waals surface area contributed by atoms with Gasteiger partial charge in [-0.3, -0.25) is 0 Å². The molecule has 2 rings (SSSR count). The van der Waals surface area contributed by atoms with Crippen LogP contribution in [0.25, 0.3) is 10.2 Å². The Labute approximate surface area is 110 Å². The van der Waals surface area contributed by atoms with Gasteiger partial charge >= 0.3 is 5.97 Å².